The lowest BCUT2D eigenvalue weighted by molar-refractivity contribution is -0.113. The molecule has 0 saturated heterocycles. The molecule has 1 fully saturated rings. The van der Waals surface area contributed by atoms with Crippen LogP contribution in [0.25, 0.3) is 0 Å². The predicted molar refractivity (Wildman–Crippen MR) is 107 cm³/mol. The SMILES string of the molecule is Cc1nc(SCC(=O)Nc2ccc(Br)cc2F)n(C2CCCCC2)c1C. The fourth-order valence-electron chi connectivity index (χ4n) is 3.37. The summed E-state index contributed by atoms with van der Waals surface area (Å²) in [7, 11) is 0. The largest absolute Gasteiger partial charge is 0.323 e. The van der Waals surface area contributed by atoms with Crippen molar-refractivity contribution in [2.45, 2.75) is 57.1 Å². The normalized spacial score (nSPS) is 15.2. The van der Waals surface area contributed by atoms with Gasteiger partial charge in [-0.15, -0.1) is 0 Å². The number of rotatable bonds is 5. The summed E-state index contributed by atoms with van der Waals surface area (Å²) in [5, 5.41) is 3.52. The standard InChI is InChI=1S/C19H23BrFN3OS/c1-12-13(2)24(15-6-4-3-5-7-15)19(22-12)26-11-18(25)23-17-9-8-14(20)10-16(17)21/h8-10,15H,3-7,11H2,1-2H3,(H,23,25). The first kappa shape index (κ1) is 19.4. The van der Waals surface area contributed by atoms with Gasteiger partial charge in [-0.05, 0) is 44.9 Å². The number of imidazole rings is 1. The smallest absolute Gasteiger partial charge is 0.234 e. The number of benzene rings is 1. The van der Waals surface area contributed by atoms with Crippen LogP contribution in [-0.4, -0.2) is 21.2 Å². The van der Waals surface area contributed by atoms with Crippen molar-refractivity contribution in [2.75, 3.05) is 11.1 Å². The van der Waals surface area contributed by atoms with Crippen molar-refractivity contribution in [2.24, 2.45) is 0 Å². The highest BCUT2D eigenvalue weighted by Gasteiger charge is 2.22. The Labute approximate surface area is 166 Å². The van der Waals surface area contributed by atoms with Crippen molar-refractivity contribution >= 4 is 39.3 Å². The van der Waals surface area contributed by atoms with Gasteiger partial charge < -0.3 is 9.88 Å². The third-order valence-electron chi connectivity index (χ3n) is 4.83. The van der Waals surface area contributed by atoms with Gasteiger partial charge in [0.25, 0.3) is 0 Å². The molecule has 0 radical (unpaired) electrons. The van der Waals surface area contributed by atoms with E-state index in [2.05, 4.69) is 37.7 Å². The lowest BCUT2D eigenvalue weighted by Gasteiger charge is -2.26. The highest BCUT2D eigenvalue weighted by molar-refractivity contribution is 9.10. The number of amides is 1. The number of nitrogens with one attached hydrogen (secondary N) is 1. The average Bonchev–Trinajstić information content (AvgIpc) is 2.90. The van der Waals surface area contributed by atoms with Crippen molar-refractivity contribution in [3.63, 3.8) is 0 Å². The number of aryl methyl sites for hydroxylation is 1. The Morgan fingerprint density at radius 1 is 1.35 bits per heavy atom. The summed E-state index contributed by atoms with van der Waals surface area (Å²) in [6.07, 6.45) is 6.12. The minimum absolute atomic E-state index is 0.196. The highest BCUT2D eigenvalue weighted by atomic mass is 79.9. The molecule has 0 unspecified atom stereocenters. The molecule has 3 rings (SSSR count). The first-order valence-electron chi connectivity index (χ1n) is 8.89. The molecule has 0 atom stereocenters. The van der Waals surface area contributed by atoms with E-state index >= 15 is 0 Å². The summed E-state index contributed by atoms with van der Waals surface area (Å²) in [5.41, 5.74) is 2.39. The molecule has 1 saturated carbocycles. The Hall–Kier alpha value is -1.34. The third kappa shape index (κ3) is 4.49. The first-order valence-corrected chi connectivity index (χ1v) is 10.7. The summed E-state index contributed by atoms with van der Waals surface area (Å²) >= 11 is 4.63. The second-order valence-electron chi connectivity index (χ2n) is 6.69. The van der Waals surface area contributed by atoms with Crippen LogP contribution in [0.3, 0.4) is 0 Å². The summed E-state index contributed by atoms with van der Waals surface area (Å²) in [6, 6.07) is 5.07. The van der Waals surface area contributed by atoms with Crippen molar-refractivity contribution in [3.8, 4) is 0 Å². The fraction of sp³-hybridized carbons (Fsp3) is 0.474. The van der Waals surface area contributed by atoms with E-state index < -0.39 is 5.82 Å². The van der Waals surface area contributed by atoms with Crippen molar-refractivity contribution in [1.82, 2.24) is 9.55 Å². The van der Waals surface area contributed by atoms with Crippen LogP contribution in [0.15, 0.2) is 27.8 Å². The van der Waals surface area contributed by atoms with E-state index in [0.717, 1.165) is 10.9 Å². The van der Waals surface area contributed by atoms with Gasteiger partial charge in [-0.3, -0.25) is 4.79 Å². The Morgan fingerprint density at radius 3 is 2.77 bits per heavy atom. The molecular weight excluding hydrogens is 417 g/mol. The number of carbonyl (C=O) groups is 1. The van der Waals surface area contributed by atoms with Crippen LogP contribution in [-0.2, 0) is 4.79 Å². The maximum Gasteiger partial charge on any atom is 0.234 e. The molecule has 2 aromatic rings. The van der Waals surface area contributed by atoms with Crippen molar-refractivity contribution in [1.29, 1.82) is 0 Å². The van der Waals surface area contributed by atoms with Crippen LogP contribution in [0.2, 0.25) is 0 Å². The number of carbonyl (C=O) groups excluding carboxylic acids is 1. The Kier molecular flexibility index (Phi) is 6.40. The van der Waals surface area contributed by atoms with Crippen LogP contribution in [0.1, 0.15) is 49.5 Å². The van der Waals surface area contributed by atoms with E-state index in [4.69, 9.17) is 0 Å². The van der Waals surface area contributed by atoms with Gasteiger partial charge in [0.2, 0.25) is 5.91 Å². The zero-order valence-electron chi connectivity index (χ0n) is 15.0. The third-order valence-corrected chi connectivity index (χ3v) is 6.28. The Bertz CT molecular complexity index is 802. The van der Waals surface area contributed by atoms with E-state index in [1.165, 1.54) is 55.6 Å². The minimum atomic E-state index is -0.451. The van der Waals surface area contributed by atoms with Gasteiger partial charge in [-0.25, -0.2) is 9.37 Å². The molecule has 0 spiro atoms. The summed E-state index contributed by atoms with van der Waals surface area (Å²) in [5.74, 6) is -0.476. The van der Waals surface area contributed by atoms with Gasteiger partial charge in [0.05, 0.1) is 17.1 Å². The van der Waals surface area contributed by atoms with Gasteiger partial charge in [0.1, 0.15) is 5.82 Å². The lowest BCUT2D eigenvalue weighted by atomic mass is 9.95. The monoisotopic (exact) mass is 439 g/mol. The van der Waals surface area contributed by atoms with E-state index in [0.29, 0.717) is 10.5 Å². The minimum Gasteiger partial charge on any atom is -0.323 e. The molecule has 1 heterocycles. The summed E-state index contributed by atoms with van der Waals surface area (Å²) in [4.78, 5) is 16.9. The molecular formula is C19H23BrFN3OS. The molecule has 1 aromatic carbocycles. The number of hydrogen-bond acceptors (Lipinski definition) is 3. The van der Waals surface area contributed by atoms with E-state index in [9.17, 15) is 9.18 Å². The quantitative estimate of drug-likeness (QED) is 0.613. The van der Waals surface area contributed by atoms with Gasteiger partial charge >= 0.3 is 0 Å². The van der Waals surface area contributed by atoms with Crippen LogP contribution < -0.4 is 5.32 Å². The lowest BCUT2D eigenvalue weighted by Crippen LogP contribution is -2.18. The topological polar surface area (TPSA) is 46.9 Å². The molecule has 1 aliphatic rings. The second kappa shape index (κ2) is 8.57. The Balaban J connectivity index is 1.67. The molecule has 140 valence electrons. The number of aromatic nitrogens is 2. The number of halogens is 2. The second-order valence-corrected chi connectivity index (χ2v) is 8.55. The van der Waals surface area contributed by atoms with E-state index in [-0.39, 0.29) is 17.3 Å². The fourth-order valence-corrected chi connectivity index (χ4v) is 4.67. The van der Waals surface area contributed by atoms with E-state index in [1.807, 2.05) is 6.92 Å². The van der Waals surface area contributed by atoms with Crippen molar-refractivity contribution < 1.29 is 9.18 Å². The maximum atomic E-state index is 13.9. The van der Waals surface area contributed by atoms with Gasteiger partial charge in [0.15, 0.2) is 5.16 Å². The van der Waals surface area contributed by atoms with Crippen LogP contribution in [0.5, 0.6) is 0 Å². The average molecular weight is 440 g/mol. The molecule has 1 amide bonds. The number of thioether (sulfide) groups is 1. The summed E-state index contributed by atoms with van der Waals surface area (Å²) in [6.45, 7) is 4.11. The Morgan fingerprint density at radius 2 is 2.08 bits per heavy atom. The van der Waals surface area contributed by atoms with E-state index in [1.54, 1.807) is 12.1 Å². The van der Waals surface area contributed by atoms with Crippen molar-refractivity contribution in [3.05, 3.63) is 39.9 Å². The van der Waals surface area contributed by atoms with Crippen LogP contribution in [0.4, 0.5) is 10.1 Å². The number of nitrogens with zero attached hydrogens (tertiary/aromatic N) is 2. The molecule has 1 N–H and O–H groups in total. The van der Waals surface area contributed by atoms with Crippen LogP contribution in [0, 0.1) is 19.7 Å². The molecule has 7 heteroatoms. The highest BCUT2D eigenvalue weighted by Crippen LogP contribution is 2.34. The predicted octanol–water partition coefficient (Wildman–Crippen LogP) is 5.64. The number of hydrogen-bond donors (Lipinski definition) is 1. The first-order chi connectivity index (χ1) is 12.5. The molecule has 4 nitrogen and oxygen atoms in total. The van der Waals surface area contributed by atoms with Gasteiger partial charge in [0, 0.05) is 16.2 Å². The van der Waals surface area contributed by atoms with Gasteiger partial charge in [-0.2, -0.15) is 0 Å². The molecule has 1 aromatic heterocycles. The molecule has 26 heavy (non-hydrogen) atoms. The molecule has 0 bridgehead atoms. The molecule has 1 aliphatic carbocycles. The summed E-state index contributed by atoms with van der Waals surface area (Å²) < 4.78 is 16.8. The number of anilines is 1. The zero-order chi connectivity index (χ0) is 18.7. The maximum absolute atomic E-state index is 13.9. The zero-order valence-corrected chi connectivity index (χ0v) is 17.4. The van der Waals surface area contributed by atoms with Crippen LogP contribution >= 0.6 is 27.7 Å². The molecule has 0 aliphatic heterocycles. The van der Waals surface area contributed by atoms with Gasteiger partial charge in [-0.1, -0.05) is 47.0 Å².